The van der Waals surface area contributed by atoms with Crippen LogP contribution in [0.4, 0.5) is 13.2 Å². The van der Waals surface area contributed by atoms with Gasteiger partial charge in [-0.05, 0) is 72.4 Å². The molecule has 0 amide bonds. The van der Waals surface area contributed by atoms with Gasteiger partial charge in [0.15, 0.2) is 11.6 Å². The highest BCUT2D eigenvalue weighted by atomic mass is 19.2. The van der Waals surface area contributed by atoms with Crippen molar-refractivity contribution in [3.8, 4) is 0 Å². The van der Waals surface area contributed by atoms with Gasteiger partial charge >= 0.3 is 0 Å². The van der Waals surface area contributed by atoms with Gasteiger partial charge in [-0.1, -0.05) is 44.4 Å². The molecule has 134 valence electrons. The van der Waals surface area contributed by atoms with Gasteiger partial charge in [0, 0.05) is 0 Å². The summed E-state index contributed by atoms with van der Waals surface area (Å²) in [7, 11) is 0. The first-order valence-corrected chi connectivity index (χ1v) is 9.34. The minimum absolute atomic E-state index is 0.0852. The molecule has 0 aliphatic heterocycles. The number of rotatable bonds is 6. The summed E-state index contributed by atoms with van der Waals surface area (Å²) < 4.78 is 42.2. The summed E-state index contributed by atoms with van der Waals surface area (Å²) in [4.78, 5) is 0. The minimum atomic E-state index is -0.817. The van der Waals surface area contributed by atoms with Crippen LogP contribution in [0.15, 0.2) is 30.3 Å². The molecule has 0 spiro atoms. The Balaban J connectivity index is 1.73. The monoisotopic (exact) mass is 346 g/mol. The maximum Gasteiger partial charge on any atom is 0.162 e. The molecule has 1 aliphatic carbocycles. The number of benzene rings is 2. The van der Waals surface area contributed by atoms with E-state index in [1.165, 1.54) is 25.3 Å². The topological polar surface area (TPSA) is 0 Å². The van der Waals surface area contributed by atoms with Gasteiger partial charge in [0.05, 0.1) is 0 Å². The smallest absolute Gasteiger partial charge is 0.162 e. The lowest BCUT2D eigenvalue weighted by Crippen LogP contribution is -2.16. The van der Waals surface area contributed by atoms with Gasteiger partial charge in [0.2, 0.25) is 0 Å². The van der Waals surface area contributed by atoms with Gasteiger partial charge in [-0.3, -0.25) is 0 Å². The van der Waals surface area contributed by atoms with Gasteiger partial charge < -0.3 is 0 Å². The molecule has 0 fully saturated rings. The zero-order valence-electron chi connectivity index (χ0n) is 14.8. The second kappa shape index (κ2) is 8.07. The predicted octanol–water partition coefficient (Wildman–Crippen LogP) is 6.50. The molecule has 2 aromatic carbocycles. The van der Waals surface area contributed by atoms with E-state index in [0.29, 0.717) is 24.0 Å². The van der Waals surface area contributed by atoms with E-state index in [0.717, 1.165) is 30.4 Å². The standard InChI is InChI=1S/C22H25F3/c1-2-3-4-5-6-15-7-11-18(21(24)13-15)17-9-8-16-10-12-20(23)22(25)19(16)14-17/h7,10-13,17H,2-6,8-9,14H2,1H3. The molecule has 0 heterocycles. The van der Waals surface area contributed by atoms with Crippen molar-refractivity contribution in [3.05, 3.63) is 70.0 Å². The molecule has 0 aromatic heterocycles. The van der Waals surface area contributed by atoms with Crippen molar-refractivity contribution in [2.45, 2.75) is 64.2 Å². The first kappa shape index (κ1) is 18.0. The number of unbranched alkanes of at least 4 members (excludes halogenated alkanes) is 3. The Kier molecular flexibility index (Phi) is 5.82. The molecule has 0 N–H and O–H groups in total. The number of aryl methyl sites for hydroxylation is 2. The van der Waals surface area contributed by atoms with Crippen LogP contribution in [-0.2, 0) is 19.3 Å². The molecule has 0 bridgehead atoms. The van der Waals surface area contributed by atoms with E-state index in [2.05, 4.69) is 6.92 Å². The third-order valence-electron chi connectivity index (χ3n) is 5.33. The molecule has 3 heteroatoms. The third-order valence-corrected chi connectivity index (χ3v) is 5.33. The maximum absolute atomic E-state index is 14.6. The maximum atomic E-state index is 14.6. The normalized spacial score (nSPS) is 16.7. The van der Waals surface area contributed by atoms with Crippen molar-refractivity contribution >= 4 is 0 Å². The Bertz CT molecular complexity index is 736. The van der Waals surface area contributed by atoms with Gasteiger partial charge in [0.25, 0.3) is 0 Å². The number of halogens is 3. The zero-order chi connectivity index (χ0) is 17.8. The molecule has 1 atom stereocenters. The van der Waals surface area contributed by atoms with E-state index in [4.69, 9.17) is 0 Å². The fourth-order valence-corrected chi connectivity index (χ4v) is 3.84. The van der Waals surface area contributed by atoms with Crippen molar-refractivity contribution in [2.24, 2.45) is 0 Å². The quantitative estimate of drug-likeness (QED) is 0.524. The van der Waals surface area contributed by atoms with Crippen molar-refractivity contribution < 1.29 is 13.2 Å². The molecule has 25 heavy (non-hydrogen) atoms. The van der Waals surface area contributed by atoms with E-state index >= 15 is 0 Å². The number of hydrogen-bond donors (Lipinski definition) is 0. The summed E-state index contributed by atoms with van der Waals surface area (Å²) in [5.41, 5.74) is 2.92. The highest BCUT2D eigenvalue weighted by molar-refractivity contribution is 5.37. The Hall–Kier alpha value is -1.77. The number of fused-ring (bicyclic) bond motifs is 1. The fraction of sp³-hybridized carbons (Fsp3) is 0.455. The molecule has 0 saturated carbocycles. The Morgan fingerprint density at radius 2 is 1.80 bits per heavy atom. The van der Waals surface area contributed by atoms with Crippen LogP contribution in [0.5, 0.6) is 0 Å². The van der Waals surface area contributed by atoms with Crippen molar-refractivity contribution in [2.75, 3.05) is 0 Å². The first-order valence-electron chi connectivity index (χ1n) is 9.34. The van der Waals surface area contributed by atoms with Crippen molar-refractivity contribution in [3.63, 3.8) is 0 Å². The Labute approximate surface area is 148 Å². The predicted molar refractivity (Wildman–Crippen MR) is 95.4 cm³/mol. The average Bonchev–Trinajstić information content (AvgIpc) is 2.62. The van der Waals surface area contributed by atoms with Crippen molar-refractivity contribution in [1.29, 1.82) is 0 Å². The lowest BCUT2D eigenvalue weighted by atomic mass is 9.79. The molecule has 0 nitrogen and oxygen atoms in total. The summed E-state index contributed by atoms with van der Waals surface area (Å²) >= 11 is 0. The first-order chi connectivity index (χ1) is 12.1. The summed E-state index contributed by atoms with van der Waals surface area (Å²) in [6.45, 7) is 2.17. The average molecular weight is 346 g/mol. The highest BCUT2D eigenvalue weighted by Crippen LogP contribution is 2.36. The molecule has 2 aromatic rings. The molecule has 0 radical (unpaired) electrons. The summed E-state index contributed by atoms with van der Waals surface area (Å²) in [5.74, 6) is -1.88. The van der Waals surface area contributed by atoms with Crippen LogP contribution in [-0.4, -0.2) is 0 Å². The summed E-state index contributed by atoms with van der Waals surface area (Å²) in [5, 5.41) is 0. The summed E-state index contributed by atoms with van der Waals surface area (Å²) in [6, 6.07) is 8.29. The van der Waals surface area contributed by atoms with E-state index in [1.54, 1.807) is 12.1 Å². The SMILES string of the molecule is CCCCCCc1ccc(C2CCc3ccc(F)c(F)c3C2)c(F)c1. The van der Waals surface area contributed by atoms with Crippen LogP contribution in [0.3, 0.4) is 0 Å². The summed E-state index contributed by atoms with van der Waals surface area (Å²) in [6.07, 6.45) is 7.34. The van der Waals surface area contributed by atoms with Crippen LogP contribution in [0.25, 0.3) is 0 Å². The van der Waals surface area contributed by atoms with Crippen LogP contribution in [0, 0.1) is 17.5 Å². The third kappa shape index (κ3) is 4.08. The van der Waals surface area contributed by atoms with Crippen LogP contribution in [0.2, 0.25) is 0 Å². The molecule has 0 saturated heterocycles. The van der Waals surface area contributed by atoms with Crippen LogP contribution in [0.1, 0.15) is 67.2 Å². The largest absolute Gasteiger partial charge is 0.207 e. The molecule has 1 aliphatic rings. The van der Waals surface area contributed by atoms with Gasteiger partial charge in [0.1, 0.15) is 5.82 Å². The molecular weight excluding hydrogens is 321 g/mol. The van der Waals surface area contributed by atoms with Crippen LogP contribution >= 0.6 is 0 Å². The Morgan fingerprint density at radius 1 is 0.960 bits per heavy atom. The molecule has 1 unspecified atom stereocenters. The lowest BCUT2D eigenvalue weighted by Gasteiger charge is -2.26. The van der Waals surface area contributed by atoms with Gasteiger partial charge in [-0.2, -0.15) is 0 Å². The van der Waals surface area contributed by atoms with Gasteiger partial charge in [-0.15, -0.1) is 0 Å². The van der Waals surface area contributed by atoms with Gasteiger partial charge in [-0.25, -0.2) is 13.2 Å². The highest BCUT2D eigenvalue weighted by Gasteiger charge is 2.26. The fourth-order valence-electron chi connectivity index (χ4n) is 3.84. The molecule has 3 rings (SSSR count). The van der Waals surface area contributed by atoms with Crippen LogP contribution < -0.4 is 0 Å². The van der Waals surface area contributed by atoms with E-state index in [1.807, 2.05) is 12.1 Å². The Morgan fingerprint density at radius 3 is 2.56 bits per heavy atom. The lowest BCUT2D eigenvalue weighted by molar-refractivity contribution is 0.470. The van der Waals surface area contributed by atoms with E-state index < -0.39 is 11.6 Å². The van der Waals surface area contributed by atoms with E-state index in [-0.39, 0.29) is 11.7 Å². The number of hydrogen-bond acceptors (Lipinski definition) is 0. The minimum Gasteiger partial charge on any atom is -0.207 e. The van der Waals surface area contributed by atoms with E-state index in [9.17, 15) is 13.2 Å². The van der Waals surface area contributed by atoms with Crippen molar-refractivity contribution in [1.82, 2.24) is 0 Å². The molecular formula is C22H25F3. The second-order valence-corrected chi connectivity index (χ2v) is 7.11. The zero-order valence-corrected chi connectivity index (χ0v) is 14.8. The second-order valence-electron chi connectivity index (χ2n) is 7.11.